The maximum atomic E-state index is 11.5. The molecule has 1 aromatic carbocycles. The molecule has 0 aliphatic rings. The summed E-state index contributed by atoms with van der Waals surface area (Å²) in [6.45, 7) is 7.80. The molecule has 88 valence electrons. The highest BCUT2D eigenvalue weighted by molar-refractivity contribution is 5.81. The Kier molecular flexibility index (Phi) is 4.07. The van der Waals surface area contributed by atoms with E-state index in [2.05, 4.69) is 25.2 Å². The van der Waals surface area contributed by atoms with Gasteiger partial charge in [-0.1, -0.05) is 18.2 Å². The zero-order valence-electron chi connectivity index (χ0n) is 10.4. The highest BCUT2D eigenvalue weighted by Crippen LogP contribution is 2.19. The molecule has 1 aromatic rings. The number of carbonyl (C=O) groups is 1. The van der Waals surface area contributed by atoms with Crippen molar-refractivity contribution in [1.29, 1.82) is 0 Å². The van der Waals surface area contributed by atoms with Crippen molar-refractivity contribution < 1.29 is 4.79 Å². The average molecular weight is 220 g/mol. The lowest BCUT2D eigenvalue weighted by Crippen LogP contribution is -2.39. The molecule has 0 aliphatic heterocycles. The van der Waals surface area contributed by atoms with Gasteiger partial charge < -0.3 is 11.1 Å². The highest BCUT2D eigenvalue weighted by Gasteiger charge is 2.14. The number of nitrogens with one attached hydrogen (secondary N) is 1. The molecule has 0 bridgehead atoms. The van der Waals surface area contributed by atoms with E-state index >= 15 is 0 Å². The third-order valence-corrected chi connectivity index (χ3v) is 2.89. The molecule has 0 aromatic heterocycles. The predicted octanol–water partition coefficient (Wildman–Crippen LogP) is 1.83. The van der Waals surface area contributed by atoms with Crippen LogP contribution in [0.2, 0.25) is 0 Å². The van der Waals surface area contributed by atoms with Crippen LogP contribution in [-0.2, 0) is 4.79 Å². The lowest BCUT2D eigenvalue weighted by molar-refractivity contribution is -0.122. The van der Waals surface area contributed by atoms with Crippen LogP contribution in [0, 0.1) is 13.8 Å². The summed E-state index contributed by atoms with van der Waals surface area (Å²) in [6.07, 6.45) is 0. The van der Waals surface area contributed by atoms with Gasteiger partial charge in [-0.3, -0.25) is 4.79 Å². The van der Waals surface area contributed by atoms with Crippen LogP contribution < -0.4 is 11.1 Å². The molecule has 0 heterocycles. The second-order valence-corrected chi connectivity index (χ2v) is 4.31. The van der Waals surface area contributed by atoms with E-state index in [0.29, 0.717) is 0 Å². The van der Waals surface area contributed by atoms with Crippen molar-refractivity contribution in [3.8, 4) is 0 Å². The molecule has 0 saturated heterocycles. The first-order valence-corrected chi connectivity index (χ1v) is 5.55. The molecule has 3 heteroatoms. The third-order valence-electron chi connectivity index (χ3n) is 2.89. The maximum absolute atomic E-state index is 11.5. The fourth-order valence-corrected chi connectivity index (χ4v) is 1.67. The van der Waals surface area contributed by atoms with Gasteiger partial charge in [0.1, 0.15) is 0 Å². The van der Waals surface area contributed by atoms with E-state index in [1.807, 2.05) is 19.1 Å². The van der Waals surface area contributed by atoms with Crippen LogP contribution in [0.1, 0.15) is 36.6 Å². The molecule has 0 radical (unpaired) electrons. The van der Waals surface area contributed by atoms with Crippen molar-refractivity contribution in [3.63, 3.8) is 0 Å². The number of rotatable bonds is 3. The second-order valence-electron chi connectivity index (χ2n) is 4.31. The molecule has 2 atom stereocenters. The summed E-state index contributed by atoms with van der Waals surface area (Å²) in [6, 6.07) is 5.64. The Balaban J connectivity index is 2.85. The van der Waals surface area contributed by atoms with Crippen molar-refractivity contribution in [3.05, 3.63) is 34.9 Å². The molecule has 1 unspecified atom stereocenters. The fraction of sp³-hybridized carbons (Fsp3) is 0.462. The summed E-state index contributed by atoms with van der Waals surface area (Å²) in [5.41, 5.74) is 9.12. The van der Waals surface area contributed by atoms with Gasteiger partial charge in [-0.05, 0) is 44.4 Å². The first-order chi connectivity index (χ1) is 7.43. The molecule has 0 fully saturated rings. The number of aryl methyl sites for hydroxylation is 1. The lowest BCUT2D eigenvalue weighted by atomic mass is 9.98. The SMILES string of the molecule is Cc1cccc(C(C)NC(=O)[C@H](C)N)c1C. The van der Waals surface area contributed by atoms with Crippen molar-refractivity contribution in [2.45, 2.75) is 39.8 Å². The van der Waals surface area contributed by atoms with Crippen LogP contribution in [0.25, 0.3) is 0 Å². The molecular weight excluding hydrogens is 200 g/mol. The number of benzene rings is 1. The molecule has 0 spiro atoms. The molecule has 3 N–H and O–H groups in total. The van der Waals surface area contributed by atoms with Crippen LogP contribution >= 0.6 is 0 Å². The Bertz CT molecular complexity index is 386. The van der Waals surface area contributed by atoms with Crippen molar-refractivity contribution in [2.24, 2.45) is 5.73 Å². The lowest BCUT2D eigenvalue weighted by Gasteiger charge is -2.19. The summed E-state index contributed by atoms with van der Waals surface area (Å²) in [5.74, 6) is -0.117. The van der Waals surface area contributed by atoms with Gasteiger partial charge in [0.05, 0.1) is 12.1 Å². The quantitative estimate of drug-likeness (QED) is 0.816. The molecular formula is C13H20N2O. The minimum absolute atomic E-state index is 0.00148. The Morgan fingerprint density at radius 1 is 1.31 bits per heavy atom. The normalized spacial score (nSPS) is 14.3. The number of nitrogens with two attached hydrogens (primary N) is 1. The molecule has 0 aliphatic carbocycles. The molecule has 0 saturated carbocycles. The largest absolute Gasteiger partial charge is 0.348 e. The number of hydrogen-bond donors (Lipinski definition) is 2. The summed E-state index contributed by atoms with van der Waals surface area (Å²) in [4.78, 5) is 11.5. The summed E-state index contributed by atoms with van der Waals surface area (Å²) >= 11 is 0. The van der Waals surface area contributed by atoms with E-state index in [1.165, 1.54) is 11.1 Å². The first kappa shape index (κ1) is 12.7. The van der Waals surface area contributed by atoms with Gasteiger partial charge in [-0.2, -0.15) is 0 Å². The number of hydrogen-bond acceptors (Lipinski definition) is 2. The van der Waals surface area contributed by atoms with Gasteiger partial charge >= 0.3 is 0 Å². The van der Waals surface area contributed by atoms with Crippen molar-refractivity contribution in [2.75, 3.05) is 0 Å². The molecule has 1 rings (SSSR count). The first-order valence-electron chi connectivity index (χ1n) is 5.55. The van der Waals surface area contributed by atoms with Crippen LogP contribution in [0.15, 0.2) is 18.2 Å². The fourth-order valence-electron chi connectivity index (χ4n) is 1.67. The molecule has 16 heavy (non-hydrogen) atoms. The Morgan fingerprint density at radius 3 is 2.50 bits per heavy atom. The van der Waals surface area contributed by atoms with Crippen LogP contribution in [-0.4, -0.2) is 11.9 Å². The van der Waals surface area contributed by atoms with Crippen LogP contribution in [0.5, 0.6) is 0 Å². The molecule has 3 nitrogen and oxygen atoms in total. The average Bonchev–Trinajstić information content (AvgIpc) is 2.21. The van der Waals surface area contributed by atoms with E-state index in [-0.39, 0.29) is 11.9 Å². The van der Waals surface area contributed by atoms with Gasteiger partial charge in [0.25, 0.3) is 0 Å². The topological polar surface area (TPSA) is 55.1 Å². The Morgan fingerprint density at radius 2 is 1.94 bits per heavy atom. The second kappa shape index (κ2) is 5.12. The zero-order valence-corrected chi connectivity index (χ0v) is 10.4. The maximum Gasteiger partial charge on any atom is 0.237 e. The summed E-state index contributed by atoms with van der Waals surface area (Å²) in [7, 11) is 0. The van der Waals surface area contributed by atoms with E-state index in [4.69, 9.17) is 5.73 Å². The Labute approximate surface area is 97.0 Å². The summed E-state index contributed by atoms with van der Waals surface area (Å²) < 4.78 is 0. The van der Waals surface area contributed by atoms with E-state index in [1.54, 1.807) is 6.92 Å². The van der Waals surface area contributed by atoms with Crippen LogP contribution in [0.3, 0.4) is 0 Å². The third kappa shape index (κ3) is 2.83. The zero-order chi connectivity index (χ0) is 12.3. The number of carbonyl (C=O) groups excluding carboxylic acids is 1. The van der Waals surface area contributed by atoms with E-state index in [9.17, 15) is 4.79 Å². The van der Waals surface area contributed by atoms with Crippen molar-refractivity contribution >= 4 is 5.91 Å². The monoisotopic (exact) mass is 220 g/mol. The van der Waals surface area contributed by atoms with Crippen molar-refractivity contribution in [1.82, 2.24) is 5.32 Å². The minimum Gasteiger partial charge on any atom is -0.348 e. The Hall–Kier alpha value is -1.35. The van der Waals surface area contributed by atoms with Gasteiger partial charge in [0.2, 0.25) is 5.91 Å². The van der Waals surface area contributed by atoms with Gasteiger partial charge in [-0.15, -0.1) is 0 Å². The van der Waals surface area contributed by atoms with Gasteiger partial charge in [-0.25, -0.2) is 0 Å². The van der Waals surface area contributed by atoms with E-state index < -0.39 is 6.04 Å². The predicted molar refractivity (Wildman–Crippen MR) is 66.1 cm³/mol. The van der Waals surface area contributed by atoms with Gasteiger partial charge in [0.15, 0.2) is 0 Å². The van der Waals surface area contributed by atoms with E-state index in [0.717, 1.165) is 5.56 Å². The number of amides is 1. The van der Waals surface area contributed by atoms with Crippen LogP contribution in [0.4, 0.5) is 0 Å². The molecule has 1 amide bonds. The smallest absolute Gasteiger partial charge is 0.237 e. The van der Waals surface area contributed by atoms with Gasteiger partial charge in [0, 0.05) is 0 Å². The highest BCUT2D eigenvalue weighted by atomic mass is 16.2. The standard InChI is InChI=1S/C13H20N2O/c1-8-6-5-7-12(9(8)2)11(4)15-13(16)10(3)14/h5-7,10-11H,14H2,1-4H3,(H,15,16)/t10-,11?/m0/s1. The minimum atomic E-state index is -0.465. The summed E-state index contributed by atoms with van der Waals surface area (Å²) in [5, 5.41) is 2.90.